The molecule has 1 aliphatic heterocycles. The SMILES string of the molecule is O=C(CC(F)(F)F)Nc1cccc(-c2nnc3n2CCCCC3)c1. The molecule has 0 saturated carbocycles. The van der Waals surface area contributed by atoms with Crippen LogP contribution in [0.5, 0.6) is 0 Å². The number of carbonyl (C=O) groups excluding carboxylic acids is 1. The smallest absolute Gasteiger partial charge is 0.326 e. The van der Waals surface area contributed by atoms with E-state index in [4.69, 9.17) is 0 Å². The molecule has 0 bridgehead atoms. The third-order valence-corrected chi connectivity index (χ3v) is 3.88. The molecule has 3 rings (SSSR count). The van der Waals surface area contributed by atoms with Gasteiger partial charge in [0.05, 0.1) is 0 Å². The molecule has 24 heavy (non-hydrogen) atoms. The summed E-state index contributed by atoms with van der Waals surface area (Å²) in [4.78, 5) is 11.4. The van der Waals surface area contributed by atoms with E-state index in [9.17, 15) is 18.0 Å². The largest absolute Gasteiger partial charge is 0.397 e. The molecule has 128 valence electrons. The Hall–Kier alpha value is -2.38. The highest BCUT2D eigenvalue weighted by molar-refractivity contribution is 5.91. The molecular formula is C16H17F3N4O. The molecule has 2 aromatic rings. The second kappa shape index (κ2) is 6.62. The highest BCUT2D eigenvalue weighted by atomic mass is 19.4. The minimum atomic E-state index is -4.52. The van der Waals surface area contributed by atoms with Gasteiger partial charge in [-0.3, -0.25) is 4.79 Å². The number of nitrogens with zero attached hydrogens (tertiary/aromatic N) is 3. The van der Waals surface area contributed by atoms with Gasteiger partial charge in [0.25, 0.3) is 0 Å². The number of aryl methyl sites for hydroxylation is 1. The average Bonchev–Trinajstić information content (AvgIpc) is 2.74. The molecule has 0 unspecified atom stereocenters. The van der Waals surface area contributed by atoms with Crippen LogP contribution >= 0.6 is 0 Å². The molecule has 1 N–H and O–H groups in total. The Morgan fingerprint density at radius 1 is 1.21 bits per heavy atom. The van der Waals surface area contributed by atoms with Crippen molar-refractivity contribution in [1.82, 2.24) is 14.8 Å². The van der Waals surface area contributed by atoms with E-state index >= 15 is 0 Å². The number of nitrogens with one attached hydrogen (secondary N) is 1. The number of amides is 1. The first kappa shape index (κ1) is 16.5. The van der Waals surface area contributed by atoms with Gasteiger partial charge in [0.15, 0.2) is 5.82 Å². The molecule has 1 aliphatic rings. The molecule has 2 heterocycles. The van der Waals surface area contributed by atoms with E-state index < -0.39 is 18.5 Å². The second-order valence-corrected chi connectivity index (χ2v) is 5.82. The van der Waals surface area contributed by atoms with E-state index in [2.05, 4.69) is 15.5 Å². The Morgan fingerprint density at radius 2 is 2.04 bits per heavy atom. The van der Waals surface area contributed by atoms with Gasteiger partial charge in [-0.05, 0) is 25.0 Å². The molecule has 0 radical (unpaired) electrons. The zero-order valence-electron chi connectivity index (χ0n) is 12.9. The molecule has 1 aromatic heterocycles. The maximum Gasteiger partial charge on any atom is 0.397 e. The quantitative estimate of drug-likeness (QED) is 0.931. The summed E-state index contributed by atoms with van der Waals surface area (Å²) in [5, 5.41) is 10.7. The van der Waals surface area contributed by atoms with Crippen molar-refractivity contribution >= 4 is 11.6 Å². The van der Waals surface area contributed by atoms with E-state index in [1.807, 2.05) is 10.6 Å². The fraction of sp³-hybridized carbons (Fsp3) is 0.438. The van der Waals surface area contributed by atoms with Crippen LogP contribution in [0.2, 0.25) is 0 Å². The Morgan fingerprint density at radius 3 is 2.83 bits per heavy atom. The summed E-state index contributed by atoms with van der Waals surface area (Å²) in [7, 11) is 0. The minimum Gasteiger partial charge on any atom is -0.326 e. The maximum absolute atomic E-state index is 12.3. The fourth-order valence-electron chi connectivity index (χ4n) is 2.82. The Balaban J connectivity index is 1.81. The number of hydrogen-bond donors (Lipinski definition) is 1. The first-order valence-electron chi connectivity index (χ1n) is 7.81. The van der Waals surface area contributed by atoms with Crippen molar-refractivity contribution in [3.8, 4) is 11.4 Å². The minimum absolute atomic E-state index is 0.313. The van der Waals surface area contributed by atoms with Crippen molar-refractivity contribution < 1.29 is 18.0 Å². The Kier molecular flexibility index (Phi) is 4.55. The van der Waals surface area contributed by atoms with E-state index in [0.717, 1.165) is 43.6 Å². The number of benzene rings is 1. The van der Waals surface area contributed by atoms with Gasteiger partial charge in [0, 0.05) is 24.2 Å². The topological polar surface area (TPSA) is 59.8 Å². The third kappa shape index (κ3) is 3.93. The number of carbonyl (C=O) groups is 1. The van der Waals surface area contributed by atoms with Crippen LogP contribution in [0.1, 0.15) is 31.5 Å². The van der Waals surface area contributed by atoms with Gasteiger partial charge in [-0.25, -0.2) is 0 Å². The lowest BCUT2D eigenvalue weighted by atomic mass is 10.2. The number of hydrogen-bond acceptors (Lipinski definition) is 3. The van der Waals surface area contributed by atoms with E-state index in [1.54, 1.807) is 18.2 Å². The van der Waals surface area contributed by atoms with Crippen LogP contribution in [0.3, 0.4) is 0 Å². The van der Waals surface area contributed by atoms with Crippen LogP contribution in [0.25, 0.3) is 11.4 Å². The molecule has 0 aliphatic carbocycles. The number of anilines is 1. The van der Waals surface area contributed by atoms with Crippen molar-refractivity contribution in [3.63, 3.8) is 0 Å². The van der Waals surface area contributed by atoms with Crippen molar-refractivity contribution in [1.29, 1.82) is 0 Å². The summed E-state index contributed by atoms with van der Waals surface area (Å²) >= 11 is 0. The molecule has 8 heteroatoms. The van der Waals surface area contributed by atoms with Crippen LogP contribution in [0, 0.1) is 0 Å². The van der Waals surface area contributed by atoms with Gasteiger partial charge in [-0.15, -0.1) is 10.2 Å². The molecule has 5 nitrogen and oxygen atoms in total. The number of aromatic nitrogens is 3. The lowest BCUT2D eigenvalue weighted by molar-refractivity contribution is -0.150. The van der Waals surface area contributed by atoms with Crippen molar-refractivity contribution in [2.75, 3.05) is 5.32 Å². The van der Waals surface area contributed by atoms with Crippen LogP contribution in [-0.4, -0.2) is 26.8 Å². The van der Waals surface area contributed by atoms with Crippen LogP contribution in [0.4, 0.5) is 18.9 Å². The van der Waals surface area contributed by atoms with Crippen molar-refractivity contribution in [2.24, 2.45) is 0 Å². The first-order valence-corrected chi connectivity index (χ1v) is 7.81. The highest BCUT2D eigenvalue weighted by Crippen LogP contribution is 2.25. The molecule has 0 spiro atoms. The first-order chi connectivity index (χ1) is 11.4. The highest BCUT2D eigenvalue weighted by Gasteiger charge is 2.31. The number of rotatable bonds is 3. The summed E-state index contributed by atoms with van der Waals surface area (Å²) in [5.41, 5.74) is 1.04. The fourth-order valence-corrected chi connectivity index (χ4v) is 2.82. The standard InChI is InChI=1S/C16H17F3N4O/c17-16(18,19)10-14(24)20-12-6-4-5-11(9-12)15-22-21-13-7-2-1-3-8-23(13)15/h4-6,9H,1-3,7-8,10H2,(H,20,24). The molecule has 1 amide bonds. The average molecular weight is 338 g/mol. The summed E-state index contributed by atoms with van der Waals surface area (Å²) in [5.74, 6) is 0.521. The number of alkyl halides is 3. The van der Waals surface area contributed by atoms with E-state index in [0.29, 0.717) is 11.5 Å². The van der Waals surface area contributed by atoms with Gasteiger partial charge in [0.1, 0.15) is 12.2 Å². The zero-order chi connectivity index (χ0) is 17.2. The summed E-state index contributed by atoms with van der Waals surface area (Å²) in [6.07, 6.45) is -1.90. The zero-order valence-corrected chi connectivity index (χ0v) is 12.9. The van der Waals surface area contributed by atoms with Gasteiger partial charge in [-0.2, -0.15) is 13.2 Å². The molecule has 0 saturated heterocycles. The molecular weight excluding hydrogens is 321 g/mol. The van der Waals surface area contributed by atoms with Crippen molar-refractivity contribution in [3.05, 3.63) is 30.1 Å². The van der Waals surface area contributed by atoms with Gasteiger partial charge >= 0.3 is 6.18 Å². The molecule has 0 atom stereocenters. The number of fused-ring (bicyclic) bond motifs is 1. The predicted octanol–water partition coefficient (Wildman–Crippen LogP) is 3.56. The van der Waals surface area contributed by atoms with Crippen LogP contribution in [0.15, 0.2) is 24.3 Å². The Bertz CT molecular complexity index is 739. The molecule has 1 aromatic carbocycles. The van der Waals surface area contributed by atoms with Gasteiger partial charge < -0.3 is 9.88 Å². The van der Waals surface area contributed by atoms with Crippen LogP contribution < -0.4 is 5.32 Å². The van der Waals surface area contributed by atoms with Crippen molar-refractivity contribution in [2.45, 2.75) is 44.8 Å². The normalized spacial score (nSPS) is 14.8. The second-order valence-electron chi connectivity index (χ2n) is 5.82. The van der Waals surface area contributed by atoms with Gasteiger partial charge in [0.2, 0.25) is 5.91 Å². The lowest BCUT2D eigenvalue weighted by Gasteiger charge is -2.10. The summed E-state index contributed by atoms with van der Waals surface area (Å²) in [6, 6.07) is 6.66. The van der Waals surface area contributed by atoms with Crippen LogP contribution in [-0.2, 0) is 17.8 Å². The van der Waals surface area contributed by atoms with E-state index in [1.165, 1.54) is 0 Å². The van der Waals surface area contributed by atoms with Gasteiger partial charge in [-0.1, -0.05) is 18.6 Å². The Labute approximate surface area is 136 Å². The summed E-state index contributed by atoms with van der Waals surface area (Å²) < 4.78 is 38.8. The third-order valence-electron chi connectivity index (χ3n) is 3.88. The van der Waals surface area contributed by atoms with E-state index in [-0.39, 0.29) is 0 Å². The summed E-state index contributed by atoms with van der Waals surface area (Å²) in [6.45, 7) is 0.822. The molecule has 0 fully saturated rings. The maximum atomic E-state index is 12.3. The number of halogens is 3. The predicted molar refractivity (Wildman–Crippen MR) is 82.3 cm³/mol. The monoisotopic (exact) mass is 338 g/mol. The lowest BCUT2D eigenvalue weighted by Crippen LogP contribution is -2.21.